The Hall–Kier alpha value is -7.29. The molecule has 0 saturated heterocycles. The first-order chi connectivity index (χ1) is 29.7. The van der Waals surface area contributed by atoms with Gasteiger partial charge in [-0.05, 0) is 110 Å². The minimum atomic E-state index is 0.475. The Morgan fingerprint density at radius 2 is 1.07 bits per heavy atom. The fourth-order valence-corrected chi connectivity index (χ4v) is 8.44. The zero-order chi connectivity index (χ0) is 40.5. The van der Waals surface area contributed by atoms with Crippen molar-refractivity contribution in [3.05, 3.63) is 247 Å². The summed E-state index contributed by atoms with van der Waals surface area (Å²) in [6.07, 6.45) is 10.3. The van der Waals surface area contributed by atoms with Crippen LogP contribution in [0.1, 0.15) is 47.4 Å². The molecule has 0 aromatic heterocycles. The maximum Gasteiger partial charge on any atom is 0.0671 e. The van der Waals surface area contributed by atoms with E-state index in [4.69, 9.17) is 10.7 Å². The maximum atomic E-state index is 6.93. The molecule has 2 heteroatoms. The predicted molar refractivity (Wildman–Crippen MR) is 255 cm³/mol. The molecule has 1 aliphatic rings. The van der Waals surface area contributed by atoms with Crippen LogP contribution in [0.15, 0.2) is 229 Å². The molecule has 8 aromatic carbocycles. The van der Waals surface area contributed by atoms with Gasteiger partial charge in [-0.25, -0.2) is 0 Å². The maximum absolute atomic E-state index is 6.93. The summed E-state index contributed by atoms with van der Waals surface area (Å²) in [5.74, 6) is 0.475. The lowest BCUT2D eigenvalue weighted by Gasteiger charge is -2.19. The summed E-state index contributed by atoms with van der Waals surface area (Å²) in [7, 11) is 0. The van der Waals surface area contributed by atoms with E-state index in [0.717, 1.165) is 39.1 Å². The monoisotopic (exact) mass is 772 g/mol. The Balaban J connectivity index is 1.14. The van der Waals surface area contributed by atoms with E-state index in [0.29, 0.717) is 18.2 Å². The van der Waals surface area contributed by atoms with E-state index in [1.54, 1.807) is 0 Å². The molecule has 9 rings (SSSR count). The van der Waals surface area contributed by atoms with Gasteiger partial charge in [0, 0.05) is 17.2 Å². The highest BCUT2D eigenvalue weighted by molar-refractivity contribution is 6.12. The quantitative estimate of drug-likeness (QED) is 0.103. The van der Waals surface area contributed by atoms with E-state index in [2.05, 4.69) is 212 Å². The lowest BCUT2D eigenvalue weighted by atomic mass is 9.85. The molecule has 0 spiro atoms. The fourth-order valence-electron chi connectivity index (χ4n) is 8.44. The minimum Gasteiger partial charge on any atom is -0.398 e. The van der Waals surface area contributed by atoms with Crippen LogP contribution in [-0.2, 0) is 6.54 Å². The van der Waals surface area contributed by atoms with Gasteiger partial charge in [-0.1, -0.05) is 206 Å². The number of benzene rings is 8. The standard InChI is InChI=1S/C58H48N2/c59-57(47-34-32-45(33-35-47)43-20-7-2-8-21-43)40-58(60-41-42-18-5-1-6-19-42)50-27-17-26-49(38-50)52-29-14-15-30-53(52)55-37-36-48(44-22-9-3-10-23-44)39-56(55)54-31-16-13-28-51(54)46-24-11-4-12-25-46/h1,3-7,9-20,22-40,43H,2,8,21,41,59H2/b57-40-,60-58?. The van der Waals surface area contributed by atoms with Crippen molar-refractivity contribution >= 4 is 11.4 Å². The largest absolute Gasteiger partial charge is 0.398 e. The Morgan fingerprint density at radius 3 is 1.75 bits per heavy atom. The third-order valence-electron chi connectivity index (χ3n) is 11.6. The number of allylic oxidation sites excluding steroid dienone is 3. The Labute approximate surface area is 354 Å². The van der Waals surface area contributed by atoms with Gasteiger partial charge in [-0.3, -0.25) is 4.99 Å². The second-order valence-corrected chi connectivity index (χ2v) is 15.5. The number of nitrogens with two attached hydrogens (primary N) is 1. The van der Waals surface area contributed by atoms with E-state index in [-0.39, 0.29) is 0 Å². The van der Waals surface area contributed by atoms with Gasteiger partial charge in [0.05, 0.1) is 12.3 Å². The van der Waals surface area contributed by atoms with Gasteiger partial charge in [-0.15, -0.1) is 0 Å². The van der Waals surface area contributed by atoms with Crippen LogP contribution in [0.25, 0.3) is 61.3 Å². The van der Waals surface area contributed by atoms with Crippen molar-refractivity contribution in [1.82, 2.24) is 0 Å². The molecule has 60 heavy (non-hydrogen) atoms. The second-order valence-electron chi connectivity index (χ2n) is 15.5. The highest BCUT2D eigenvalue weighted by Gasteiger charge is 2.18. The molecule has 1 aliphatic carbocycles. The van der Waals surface area contributed by atoms with Gasteiger partial charge in [-0.2, -0.15) is 0 Å². The summed E-state index contributed by atoms with van der Waals surface area (Å²) >= 11 is 0. The zero-order valence-corrected chi connectivity index (χ0v) is 33.8. The van der Waals surface area contributed by atoms with Crippen LogP contribution in [-0.4, -0.2) is 5.71 Å². The molecule has 0 radical (unpaired) electrons. The molecular formula is C58H48N2. The van der Waals surface area contributed by atoms with Gasteiger partial charge < -0.3 is 5.73 Å². The number of hydrogen-bond acceptors (Lipinski definition) is 2. The number of nitrogens with zero attached hydrogens (tertiary/aromatic N) is 1. The summed E-state index contributed by atoms with van der Waals surface area (Å²) in [5, 5.41) is 0. The zero-order valence-electron chi connectivity index (χ0n) is 33.8. The van der Waals surface area contributed by atoms with Crippen LogP contribution in [0, 0.1) is 0 Å². The number of rotatable bonds is 11. The molecule has 1 unspecified atom stereocenters. The predicted octanol–water partition coefficient (Wildman–Crippen LogP) is 14.8. The SMILES string of the molecule is N/C(=C\C(=NCc1ccccc1)c1cccc(-c2ccccc2-c2ccc(-c3ccccc3)cc2-c2ccccc2-c2ccccc2)c1)c1ccc(C2C=CCCC2)cc1. The van der Waals surface area contributed by atoms with E-state index >= 15 is 0 Å². The highest BCUT2D eigenvalue weighted by Crippen LogP contribution is 2.43. The number of hydrogen-bond donors (Lipinski definition) is 1. The summed E-state index contributed by atoms with van der Waals surface area (Å²) in [6.45, 7) is 0.547. The van der Waals surface area contributed by atoms with Gasteiger partial charge >= 0.3 is 0 Å². The average molecular weight is 773 g/mol. The van der Waals surface area contributed by atoms with Crippen LogP contribution < -0.4 is 5.73 Å². The van der Waals surface area contributed by atoms with Crippen LogP contribution in [0.3, 0.4) is 0 Å². The molecular weight excluding hydrogens is 725 g/mol. The first-order valence-corrected chi connectivity index (χ1v) is 21.0. The summed E-state index contributed by atoms with van der Waals surface area (Å²) < 4.78 is 0. The van der Waals surface area contributed by atoms with Crippen molar-refractivity contribution in [1.29, 1.82) is 0 Å². The summed E-state index contributed by atoms with van der Waals surface area (Å²) in [5.41, 5.74) is 24.7. The van der Waals surface area contributed by atoms with Gasteiger partial charge in [0.15, 0.2) is 0 Å². The van der Waals surface area contributed by atoms with E-state index in [1.165, 1.54) is 63.8 Å². The highest BCUT2D eigenvalue weighted by atomic mass is 14.7. The average Bonchev–Trinajstić information content (AvgIpc) is 3.34. The Morgan fingerprint density at radius 1 is 0.483 bits per heavy atom. The van der Waals surface area contributed by atoms with Crippen LogP contribution in [0.4, 0.5) is 0 Å². The molecule has 0 aliphatic heterocycles. The first-order valence-electron chi connectivity index (χ1n) is 21.0. The van der Waals surface area contributed by atoms with Gasteiger partial charge in [0.25, 0.3) is 0 Å². The van der Waals surface area contributed by atoms with E-state index in [9.17, 15) is 0 Å². The molecule has 0 heterocycles. The normalized spacial score (nSPS) is 14.2. The molecule has 0 bridgehead atoms. The van der Waals surface area contributed by atoms with Gasteiger partial charge in [0.1, 0.15) is 0 Å². The summed E-state index contributed by atoms with van der Waals surface area (Å²) in [4.78, 5) is 5.22. The smallest absolute Gasteiger partial charge is 0.0671 e. The minimum absolute atomic E-state index is 0.475. The molecule has 2 N–H and O–H groups in total. The molecule has 8 aromatic rings. The lowest BCUT2D eigenvalue weighted by molar-refractivity contribution is 0.654. The van der Waals surface area contributed by atoms with Crippen molar-refractivity contribution in [3.8, 4) is 55.6 Å². The molecule has 290 valence electrons. The molecule has 0 saturated carbocycles. The third-order valence-corrected chi connectivity index (χ3v) is 11.6. The van der Waals surface area contributed by atoms with Crippen molar-refractivity contribution in [3.63, 3.8) is 0 Å². The topological polar surface area (TPSA) is 38.4 Å². The molecule has 2 nitrogen and oxygen atoms in total. The molecule has 0 amide bonds. The third kappa shape index (κ3) is 8.60. The van der Waals surface area contributed by atoms with Crippen LogP contribution in [0.2, 0.25) is 0 Å². The van der Waals surface area contributed by atoms with Crippen molar-refractivity contribution in [2.75, 3.05) is 0 Å². The Kier molecular flexibility index (Phi) is 11.5. The summed E-state index contributed by atoms with van der Waals surface area (Å²) in [6, 6.07) is 73.7. The Bertz CT molecular complexity index is 2800. The molecule has 1 atom stereocenters. The second kappa shape index (κ2) is 18.1. The van der Waals surface area contributed by atoms with Crippen molar-refractivity contribution in [2.45, 2.75) is 31.7 Å². The number of aliphatic imine (C=N–C) groups is 1. The molecule has 0 fully saturated rings. The first kappa shape index (κ1) is 38.2. The van der Waals surface area contributed by atoms with Crippen LogP contribution in [0.5, 0.6) is 0 Å². The lowest BCUT2D eigenvalue weighted by Crippen LogP contribution is -2.05. The van der Waals surface area contributed by atoms with Crippen molar-refractivity contribution in [2.24, 2.45) is 10.7 Å². The van der Waals surface area contributed by atoms with E-state index < -0.39 is 0 Å². The van der Waals surface area contributed by atoms with E-state index in [1.807, 2.05) is 12.1 Å². The van der Waals surface area contributed by atoms with Crippen molar-refractivity contribution < 1.29 is 0 Å². The van der Waals surface area contributed by atoms with Crippen LogP contribution >= 0.6 is 0 Å². The fraction of sp³-hybridized carbons (Fsp3) is 0.0862. The van der Waals surface area contributed by atoms with Gasteiger partial charge in [0.2, 0.25) is 0 Å².